The monoisotopic (exact) mass is 260 g/mol. The molecule has 104 valence electrons. The van der Waals surface area contributed by atoms with Crippen LogP contribution in [-0.4, -0.2) is 43.3 Å². The highest BCUT2D eigenvalue weighted by molar-refractivity contribution is 5.33. The van der Waals surface area contributed by atoms with E-state index < -0.39 is 0 Å². The molecule has 1 heterocycles. The Labute approximate surface area is 115 Å². The predicted molar refractivity (Wildman–Crippen MR) is 77.2 cm³/mol. The molecule has 0 bridgehead atoms. The Balaban J connectivity index is 1.70. The minimum atomic E-state index is 0.397. The molecule has 1 aliphatic heterocycles. The van der Waals surface area contributed by atoms with Crippen molar-refractivity contribution in [2.75, 3.05) is 20.2 Å². The summed E-state index contributed by atoms with van der Waals surface area (Å²) in [7, 11) is 1.82. The van der Waals surface area contributed by atoms with Gasteiger partial charge in [0.25, 0.3) is 0 Å². The molecule has 3 nitrogen and oxygen atoms in total. The van der Waals surface area contributed by atoms with Gasteiger partial charge in [0, 0.05) is 32.3 Å². The Kier molecular flexibility index (Phi) is 3.87. The summed E-state index contributed by atoms with van der Waals surface area (Å²) in [5, 5.41) is 0. The Morgan fingerprint density at radius 3 is 2.53 bits per heavy atom. The zero-order valence-electron chi connectivity index (χ0n) is 11.7. The zero-order valence-corrected chi connectivity index (χ0v) is 11.7. The molecule has 3 heteroatoms. The van der Waals surface area contributed by atoms with Crippen LogP contribution in [0.15, 0.2) is 24.3 Å². The summed E-state index contributed by atoms with van der Waals surface area (Å²) in [5.74, 6) is 0. The van der Waals surface area contributed by atoms with Crippen molar-refractivity contribution in [1.29, 1.82) is 0 Å². The van der Waals surface area contributed by atoms with Crippen molar-refractivity contribution in [3.05, 3.63) is 35.4 Å². The van der Waals surface area contributed by atoms with E-state index in [9.17, 15) is 0 Å². The van der Waals surface area contributed by atoms with Crippen molar-refractivity contribution in [3.63, 3.8) is 0 Å². The minimum absolute atomic E-state index is 0.397. The fourth-order valence-corrected chi connectivity index (χ4v) is 3.73. The first-order valence-electron chi connectivity index (χ1n) is 7.37. The third-order valence-corrected chi connectivity index (χ3v) is 4.82. The van der Waals surface area contributed by atoms with Crippen LogP contribution in [0.3, 0.4) is 0 Å². The summed E-state index contributed by atoms with van der Waals surface area (Å²) >= 11 is 0. The second kappa shape index (κ2) is 5.61. The van der Waals surface area contributed by atoms with Gasteiger partial charge in [0.2, 0.25) is 0 Å². The molecule has 1 aromatic carbocycles. The molecule has 3 rings (SSSR count). The Bertz CT molecular complexity index is 410. The van der Waals surface area contributed by atoms with Gasteiger partial charge in [-0.3, -0.25) is 4.90 Å². The molecule has 19 heavy (non-hydrogen) atoms. The molecule has 0 amide bonds. The molecule has 0 spiro atoms. The number of benzene rings is 1. The molecule has 0 aromatic heterocycles. The van der Waals surface area contributed by atoms with E-state index in [4.69, 9.17) is 10.5 Å². The highest BCUT2D eigenvalue weighted by atomic mass is 16.5. The number of piperidine rings is 1. The van der Waals surface area contributed by atoms with Crippen LogP contribution in [0.5, 0.6) is 0 Å². The van der Waals surface area contributed by atoms with E-state index >= 15 is 0 Å². The van der Waals surface area contributed by atoms with Gasteiger partial charge in [0.15, 0.2) is 0 Å². The van der Waals surface area contributed by atoms with Gasteiger partial charge in [-0.2, -0.15) is 0 Å². The van der Waals surface area contributed by atoms with Gasteiger partial charge >= 0.3 is 0 Å². The minimum Gasteiger partial charge on any atom is -0.381 e. The summed E-state index contributed by atoms with van der Waals surface area (Å²) in [6, 6.07) is 9.97. The number of likely N-dealkylation sites (tertiary alicyclic amines) is 1. The number of nitrogens with zero attached hydrogens (tertiary/aromatic N) is 1. The molecule has 2 atom stereocenters. The van der Waals surface area contributed by atoms with E-state index in [2.05, 4.69) is 29.2 Å². The topological polar surface area (TPSA) is 38.5 Å². The summed E-state index contributed by atoms with van der Waals surface area (Å²) in [6.45, 7) is 1.87. The number of ether oxygens (including phenoxy) is 1. The van der Waals surface area contributed by atoms with Crippen molar-refractivity contribution in [2.24, 2.45) is 5.73 Å². The highest BCUT2D eigenvalue weighted by Crippen LogP contribution is 2.30. The summed E-state index contributed by atoms with van der Waals surface area (Å²) in [5.41, 5.74) is 9.04. The van der Waals surface area contributed by atoms with Gasteiger partial charge in [-0.25, -0.2) is 0 Å². The molecular weight excluding hydrogens is 236 g/mol. The third-order valence-electron chi connectivity index (χ3n) is 4.82. The number of hydrogen-bond donors (Lipinski definition) is 1. The maximum absolute atomic E-state index is 5.99. The van der Waals surface area contributed by atoms with Crippen molar-refractivity contribution in [1.82, 2.24) is 4.90 Å². The lowest BCUT2D eigenvalue weighted by atomic mass is 9.96. The third kappa shape index (κ3) is 2.55. The summed E-state index contributed by atoms with van der Waals surface area (Å²) in [4.78, 5) is 2.63. The molecule has 2 N–H and O–H groups in total. The van der Waals surface area contributed by atoms with Gasteiger partial charge in [-0.1, -0.05) is 24.3 Å². The fraction of sp³-hybridized carbons (Fsp3) is 0.625. The molecule has 0 radical (unpaired) electrons. The fourth-order valence-electron chi connectivity index (χ4n) is 3.73. The van der Waals surface area contributed by atoms with E-state index in [1.165, 1.54) is 24.0 Å². The van der Waals surface area contributed by atoms with Crippen LogP contribution in [-0.2, 0) is 17.6 Å². The van der Waals surface area contributed by atoms with Gasteiger partial charge in [-0.05, 0) is 36.8 Å². The first kappa shape index (κ1) is 13.1. The number of hydrogen-bond acceptors (Lipinski definition) is 3. The van der Waals surface area contributed by atoms with E-state index in [1.807, 2.05) is 7.11 Å². The largest absolute Gasteiger partial charge is 0.381 e. The van der Waals surface area contributed by atoms with Crippen LogP contribution in [0.4, 0.5) is 0 Å². The van der Waals surface area contributed by atoms with Crippen molar-refractivity contribution in [2.45, 2.75) is 43.9 Å². The van der Waals surface area contributed by atoms with E-state index in [1.54, 1.807) is 0 Å². The number of fused-ring (bicyclic) bond motifs is 1. The average molecular weight is 260 g/mol. The van der Waals surface area contributed by atoms with E-state index in [0.717, 1.165) is 25.9 Å². The number of methoxy groups -OCH3 is 1. The molecule has 1 aromatic rings. The SMILES string of the molecule is COC1CCN(C2Cc3ccccc3C2)C(CN)C1. The highest BCUT2D eigenvalue weighted by Gasteiger charge is 2.34. The molecule has 2 unspecified atom stereocenters. The van der Waals surface area contributed by atoms with Crippen molar-refractivity contribution < 1.29 is 4.74 Å². The number of rotatable bonds is 3. The van der Waals surface area contributed by atoms with Gasteiger partial charge in [-0.15, -0.1) is 0 Å². The second-order valence-corrected chi connectivity index (χ2v) is 5.84. The van der Waals surface area contributed by atoms with Gasteiger partial charge in [0.05, 0.1) is 6.10 Å². The Morgan fingerprint density at radius 2 is 1.95 bits per heavy atom. The van der Waals surface area contributed by atoms with Crippen LogP contribution >= 0.6 is 0 Å². The molecule has 2 aliphatic rings. The smallest absolute Gasteiger partial charge is 0.0599 e. The summed E-state index contributed by atoms with van der Waals surface area (Å²) < 4.78 is 5.51. The zero-order chi connectivity index (χ0) is 13.2. The lowest BCUT2D eigenvalue weighted by Crippen LogP contribution is -2.53. The summed E-state index contributed by atoms with van der Waals surface area (Å²) in [6.07, 6.45) is 4.99. The predicted octanol–water partition coefficient (Wildman–Crippen LogP) is 1.59. The quantitative estimate of drug-likeness (QED) is 0.897. The Morgan fingerprint density at radius 1 is 1.26 bits per heavy atom. The first-order valence-corrected chi connectivity index (χ1v) is 7.37. The molecule has 1 aliphatic carbocycles. The number of nitrogens with two attached hydrogens (primary N) is 1. The van der Waals surface area contributed by atoms with Crippen LogP contribution in [0, 0.1) is 0 Å². The van der Waals surface area contributed by atoms with E-state index in [-0.39, 0.29) is 0 Å². The van der Waals surface area contributed by atoms with E-state index in [0.29, 0.717) is 18.2 Å². The first-order chi connectivity index (χ1) is 9.31. The van der Waals surface area contributed by atoms with Crippen LogP contribution in [0.25, 0.3) is 0 Å². The standard InChI is InChI=1S/C16H24N2O/c1-19-16-6-7-18(15(10-16)11-17)14-8-12-4-2-3-5-13(12)9-14/h2-5,14-16H,6-11,17H2,1H3. The van der Waals surface area contributed by atoms with Crippen molar-refractivity contribution >= 4 is 0 Å². The van der Waals surface area contributed by atoms with Crippen LogP contribution < -0.4 is 5.73 Å². The normalized spacial score (nSPS) is 28.5. The average Bonchev–Trinajstić information content (AvgIpc) is 2.90. The molecule has 1 fully saturated rings. The van der Waals surface area contributed by atoms with Gasteiger partial charge < -0.3 is 10.5 Å². The lowest BCUT2D eigenvalue weighted by Gasteiger charge is -2.42. The second-order valence-electron chi connectivity index (χ2n) is 5.84. The molecule has 0 saturated carbocycles. The maximum Gasteiger partial charge on any atom is 0.0599 e. The maximum atomic E-state index is 5.99. The molecule has 1 saturated heterocycles. The Hall–Kier alpha value is -0.900. The molecular formula is C16H24N2O. The van der Waals surface area contributed by atoms with Crippen molar-refractivity contribution in [3.8, 4) is 0 Å². The lowest BCUT2D eigenvalue weighted by molar-refractivity contribution is -0.00247. The van der Waals surface area contributed by atoms with Gasteiger partial charge in [0.1, 0.15) is 0 Å². The van der Waals surface area contributed by atoms with Crippen LogP contribution in [0.2, 0.25) is 0 Å². The van der Waals surface area contributed by atoms with Crippen LogP contribution in [0.1, 0.15) is 24.0 Å².